The molecular formula is C21H22FNO. The van der Waals surface area contributed by atoms with Gasteiger partial charge in [0.15, 0.2) is 0 Å². The summed E-state index contributed by atoms with van der Waals surface area (Å²) in [6, 6.07) is 11.9. The molecule has 2 aromatic carbocycles. The summed E-state index contributed by atoms with van der Waals surface area (Å²) >= 11 is 0. The highest BCUT2D eigenvalue weighted by Crippen LogP contribution is 2.40. The number of rotatable bonds is 3. The fraction of sp³-hybridized carbons (Fsp3) is 0.333. The highest BCUT2D eigenvalue weighted by Gasteiger charge is 2.27. The Labute approximate surface area is 141 Å². The summed E-state index contributed by atoms with van der Waals surface area (Å²) in [6.07, 6.45) is 2.89. The molecule has 0 saturated carbocycles. The van der Waals surface area contributed by atoms with Crippen LogP contribution in [0.5, 0.6) is 0 Å². The number of aromatic nitrogens is 1. The number of fused-ring (bicyclic) bond motifs is 3. The van der Waals surface area contributed by atoms with Crippen molar-refractivity contribution in [3.8, 4) is 11.1 Å². The number of hydrogen-bond acceptors (Lipinski definition) is 1. The van der Waals surface area contributed by atoms with Gasteiger partial charge >= 0.3 is 0 Å². The van der Waals surface area contributed by atoms with E-state index in [-0.39, 0.29) is 11.9 Å². The molecule has 1 aliphatic rings. The maximum absolute atomic E-state index is 14.5. The quantitative estimate of drug-likeness (QED) is 0.657. The normalized spacial score (nSPS) is 17.2. The molecule has 0 fully saturated rings. The molecule has 1 atom stereocenters. The van der Waals surface area contributed by atoms with Crippen LogP contribution in [0.3, 0.4) is 0 Å². The van der Waals surface area contributed by atoms with Crippen molar-refractivity contribution < 1.29 is 9.13 Å². The lowest BCUT2D eigenvalue weighted by molar-refractivity contribution is 0.0339. The number of aromatic amines is 1. The molecule has 1 aromatic heterocycles. The predicted molar refractivity (Wildman–Crippen MR) is 95.7 cm³/mol. The summed E-state index contributed by atoms with van der Waals surface area (Å²) in [4.78, 5) is 3.34. The fourth-order valence-corrected chi connectivity index (χ4v) is 3.74. The molecule has 0 aliphatic carbocycles. The molecule has 2 heterocycles. The zero-order valence-electron chi connectivity index (χ0n) is 14.2. The van der Waals surface area contributed by atoms with E-state index in [2.05, 4.69) is 43.1 Å². The molecule has 0 saturated heterocycles. The first-order valence-corrected chi connectivity index (χ1v) is 8.70. The predicted octanol–water partition coefficient (Wildman–Crippen LogP) is 5.70. The van der Waals surface area contributed by atoms with Crippen molar-refractivity contribution in [1.82, 2.24) is 4.98 Å². The summed E-state index contributed by atoms with van der Waals surface area (Å²) in [5.41, 5.74) is 6.36. The Hall–Kier alpha value is -2.13. The van der Waals surface area contributed by atoms with E-state index >= 15 is 0 Å². The largest absolute Gasteiger partial charge is 0.372 e. The Bertz CT molecular complexity index is 879. The van der Waals surface area contributed by atoms with Gasteiger partial charge in [0.25, 0.3) is 0 Å². The van der Waals surface area contributed by atoms with Crippen molar-refractivity contribution in [2.24, 2.45) is 0 Å². The number of benzene rings is 2. The average Bonchev–Trinajstić information content (AvgIpc) is 2.98. The van der Waals surface area contributed by atoms with Crippen LogP contribution in [0.4, 0.5) is 4.39 Å². The zero-order chi connectivity index (χ0) is 16.7. The molecule has 0 amide bonds. The van der Waals surface area contributed by atoms with Crippen LogP contribution < -0.4 is 0 Å². The van der Waals surface area contributed by atoms with E-state index in [9.17, 15) is 4.39 Å². The van der Waals surface area contributed by atoms with Gasteiger partial charge in [-0.2, -0.15) is 0 Å². The van der Waals surface area contributed by atoms with Gasteiger partial charge in [-0.25, -0.2) is 4.39 Å². The van der Waals surface area contributed by atoms with Gasteiger partial charge in [0, 0.05) is 11.1 Å². The molecule has 124 valence electrons. The minimum atomic E-state index is -0.189. The first-order chi connectivity index (χ1) is 11.7. The van der Waals surface area contributed by atoms with Crippen molar-refractivity contribution in [2.75, 3.05) is 6.61 Å². The molecule has 3 aromatic rings. The van der Waals surface area contributed by atoms with Gasteiger partial charge in [0.05, 0.1) is 18.2 Å². The molecule has 1 aliphatic heterocycles. The molecule has 4 rings (SSSR count). The minimum absolute atomic E-state index is 0.0522. The molecular weight excluding hydrogens is 301 g/mol. The summed E-state index contributed by atoms with van der Waals surface area (Å²) in [6.45, 7) is 4.93. The topological polar surface area (TPSA) is 25.0 Å². The van der Waals surface area contributed by atoms with Crippen LogP contribution in [-0.4, -0.2) is 11.6 Å². The average molecular weight is 323 g/mol. The van der Waals surface area contributed by atoms with Crippen LogP contribution in [0.2, 0.25) is 0 Å². The molecule has 1 N–H and O–H groups in total. The van der Waals surface area contributed by atoms with Crippen LogP contribution in [-0.2, 0) is 11.2 Å². The Morgan fingerprint density at radius 3 is 2.71 bits per heavy atom. The van der Waals surface area contributed by atoms with Gasteiger partial charge in [-0.15, -0.1) is 0 Å². The van der Waals surface area contributed by atoms with Crippen molar-refractivity contribution in [1.29, 1.82) is 0 Å². The zero-order valence-corrected chi connectivity index (χ0v) is 14.2. The first kappa shape index (κ1) is 15.4. The van der Waals surface area contributed by atoms with Crippen molar-refractivity contribution >= 4 is 10.9 Å². The number of H-pyrrole nitrogens is 1. The Kier molecular flexibility index (Phi) is 3.89. The lowest BCUT2D eigenvalue weighted by atomic mass is 9.94. The van der Waals surface area contributed by atoms with E-state index in [0.29, 0.717) is 12.1 Å². The van der Waals surface area contributed by atoms with Crippen molar-refractivity contribution in [2.45, 2.75) is 39.2 Å². The van der Waals surface area contributed by atoms with E-state index in [1.807, 2.05) is 6.07 Å². The SMILES string of the molecule is CCCC1OCCc2c1[nH]c1c(F)ccc(-c3ccc(C)cc3)c21. The highest BCUT2D eigenvalue weighted by molar-refractivity contribution is 5.99. The van der Waals surface area contributed by atoms with E-state index < -0.39 is 0 Å². The highest BCUT2D eigenvalue weighted by atomic mass is 19.1. The van der Waals surface area contributed by atoms with Gasteiger partial charge in [0.2, 0.25) is 0 Å². The van der Waals surface area contributed by atoms with Crippen molar-refractivity contribution in [3.63, 3.8) is 0 Å². The molecule has 0 radical (unpaired) electrons. The number of halogens is 1. The summed E-state index contributed by atoms with van der Waals surface area (Å²) in [7, 11) is 0. The monoisotopic (exact) mass is 323 g/mol. The number of nitrogens with one attached hydrogen (secondary N) is 1. The fourth-order valence-electron chi connectivity index (χ4n) is 3.74. The molecule has 1 unspecified atom stereocenters. The molecule has 2 nitrogen and oxygen atoms in total. The smallest absolute Gasteiger partial charge is 0.147 e. The Balaban J connectivity index is 1.96. The van der Waals surface area contributed by atoms with Crippen LogP contribution in [0, 0.1) is 12.7 Å². The molecule has 0 spiro atoms. The van der Waals surface area contributed by atoms with E-state index in [0.717, 1.165) is 41.5 Å². The lowest BCUT2D eigenvalue weighted by Crippen LogP contribution is -2.15. The third-order valence-electron chi connectivity index (χ3n) is 4.95. The summed E-state index contributed by atoms with van der Waals surface area (Å²) in [5.74, 6) is -0.189. The Morgan fingerprint density at radius 1 is 1.17 bits per heavy atom. The van der Waals surface area contributed by atoms with E-state index in [4.69, 9.17) is 4.74 Å². The van der Waals surface area contributed by atoms with E-state index in [1.165, 1.54) is 11.1 Å². The van der Waals surface area contributed by atoms with Crippen LogP contribution in [0.15, 0.2) is 36.4 Å². The first-order valence-electron chi connectivity index (χ1n) is 8.70. The number of aryl methyl sites for hydroxylation is 1. The third-order valence-corrected chi connectivity index (χ3v) is 4.95. The number of ether oxygens (including phenoxy) is 1. The maximum atomic E-state index is 14.5. The molecule has 24 heavy (non-hydrogen) atoms. The molecule has 3 heteroatoms. The molecule has 0 bridgehead atoms. The Morgan fingerprint density at radius 2 is 1.96 bits per heavy atom. The number of hydrogen-bond donors (Lipinski definition) is 1. The second kappa shape index (κ2) is 6.06. The van der Waals surface area contributed by atoms with Gasteiger partial charge in [-0.3, -0.25) is 0 Å². The van der Waals surface area contributed by atoms with Crippen LogP contribution >= 0.6 is 0 Å². The standard InChI is InChI=1S/C21H22FNO/c1-3-4-18-20-16(11-12-24-18)19-15(9-10-17(22)21(19)23-20)14-7-5-13(2)6-8-14/h5-10,18,23H,3-4,11-12H2,1-2H3. The lowest BCUT2D eigenvalue weighted by Gasteiger charge is -2.23. The van der Waals surface area contributed by atoms with Gasteiger partial charge in [0.1, 0.15) is 5.82 Å². The third kappa shape index (κ3) is 2.44. The van der Waals surface area contributed by atoms with Crippen LogP contribution in [0.1, 0.15) is 42.7 Å². The second-order valence-corrected chi connectivity index (χ2v) is 6.63. The van der Waals surface area contributed by atoms with Gasteiger partial charge < -0.3 is 9.72 Å². The minimum Gasteiger partial charge on any atom is -0.372 e. The van der Waals surface area contributed by atoms with E-state index in [1.54, 1.807) is 6.07 Å². The maximum Gasteiger partial charge on any atom is 0.147 e. The second-order valence-electron chi connectivity index (χ2n) is 6.63. The summed E-state index contributed by atoms with van der Waals surface area (Å²) < 4.78 is 20.4. The van der Waals surface area contributed by atoms with Crippen LogP contribution in [0.25, 0.3) is 22.0 Å². The summed E-state index contributed by atoms with van der Waals surface area (Å²) in [5, 5.41) is 1.03. The van der Waals surface area contributed by atoms with Gasteiger partial charge in [-0.05, 0) is 42.5 Å². The van der Waals surface area contributed by atoms with Crippen molar-refractivity contribution in [3.05, 3.63) is 59.0 Å². The van der Waals surface area contributed by atoms with Gasteiger partial charge in [-0.1, -0.05) is 49.2 Å².